The van der Waals surface area contributed by atoms with Crippen LogP contribution in [0, 0.1) is 6.92 Å². The lowest BCUT2D eigenvalue weighted by molar-refractivity contribution is 0.583. The van der Waals surface area contributed by atoms with Gasteiger partial charge in [-0.25, -0.2) is 13.1 Å². The standard InChI is InChI=1S/C15H16N4O2S2/c1-11-5-6-14(22-11)23(20,21)18-9-12-4-3-7-16-15(12)13-8-17-19(2)10-13/h3-8,10,18H,9H2,1-2H3. The number of thiophene rings is 1. The summed E-state index contributed by atoms with van der Waals surface area (Å²) in [5.74, 6) is 0. The molecule has 3 aromatic heterocycles. The second kappa shape index (κ2) is 6.23. The van der Waals surface area contributed by atoms with Crippen molar-refractivity contribution in [1.82, 2.24) is 19.5 Å². The Bertz CT molecular complexity index is 928. The van der Waals surface area contributed by atoms with E-state index in [0.717, 1.165) is 21.7 Å². The van der Waals surface area contributed by atoms with Crippen molar-refractivity contribution in [3.8, 4) is 11.3 Å². The third-order valence-electron chi connectivity index (χ3n) is 3.30. The Labute approximate surface area is 138 Å². The van der Waals surface area contributed by atoms with E-state index in [1.165, 1.54) is 11.3 Å². The summed E-state index contributed by atoms with van der Waals surface area (Å²) in [6, 6.07) is 7.06. The second-order valence-electron chi connectivity index (χ2n) is 5.10. The van der Waals surface area contributed by atoms with Gasteiger partial charge in [0, 0.05) is 36.4 Å². The lowest BCUT2D eigenvalue weighted by Gasteiger charge is -2.08. The lowest BCUT2D eigenvalue weighted by Crippen LogP contribution is -2.22. The van der Waals surface area contributed by atoms with E-state index in [1.807, 2.05) is 26.2 Å². The van der Waals surface area contributed by atoms with Gasteiger partial charge in [-0.15, -0.1) is 11.3 Å². The number of pyridine rings is 1. The van der Waals surface area contributed by atoms with E-state index in [2.05, 4.69) is 14.8 Å². The largest absolute Gasteiger partial charge is 0.275 e. The Morgan fingerprint density at radius 3 is 2.78 bits per heavy atom. The van der Waals surface area contributed by atoms with Crippen LogP contribution in [0.25, 0.3) is 11.3 Å². The fourth-order valence-corrected chi connectivity index (χ4v) is 4.52. The van der Waals surface area contributed by atoms with E-state index < -0.39 is 10.0 Å². The van der Waals surface area contributed by atoms with E-state index in [-0.39, 0.29) is 6.54 Å². The first-order valence-corrected chi connectivity index (χ1v) is 9.25. The maximum Gasteiger partial charge on any atom is 0.250 e. The van der Waals surface area contributed by atoms with E-state index in [9.17, 15) is 8.42 Å². The zero-order valence-electron chi connectivity index (χ0n) is 12.7. The number of aryl methyl sites for hydroxylation is 2. The van der Waals surface area contributed by atoms with E-state index in [0.29, 0.717) is 4.21 Å². The highest BCUT2D eigenvalue weighted by Gasteiger charge is 2.17. The molecule has 0 amide bonds. The third-order valence-corrected chi connectivity index (χ3v) is 6.20. The minimum Gasteiger partial charge on any atom is -0.275 e. The molecule has 3 heterocycles. The SMILES string of the molecule is Cc1ccc(S(=O)(=O)NCc2cccnc2-c2cnn(C)c2)s1. The van der Waals surface area contributed by atoms with Gasteiger partial charge in [-0.2, -0.15) is 5.10 Å². The van der Waals surface area contributed by atoms with Gasteiger partial charge in [0.1, 0.15) is 4.21 Å². The molecule has 3 aromatic rings. The summed E-state index contributed by atoms with van der Waals surface area (Å²) >= 11 is 1.25. The van der Waals surface area contributed by atoms with Gasteiger partial charge >= 0.3 is 0 Å². The van der Waals surface area contributed by atoms with Crippen LogP contribution in [0.5, 0.6) is 0 Å². The Morgan fingerprint density at radius 1 is 1.30 bits per heavy atom. The molecule has 0 saturated carbocycles. The van der Waals surface area contributed by atoms with Gasteiger partial charge in [-0.05, 0) is 30.7 Å². The van der Waals surface area contributed by atoms with Crippen molar-refractivity contribution in [3.05, 3.63) is 53.3 Å². The minimum atomic E-state index is -3.51. The first-order chi connectivity index (χ1) is 11.0. The molecule has 0 unspecified atom stereocenters. The van der Waals surface area contributed by atoms with Crippen molar-refractivity contribution in [1.29, 1.82) is 0 Å². The molecule has 3 rings (SSSR count). The third kappa shape index (κ3) is 3.49. The maximum atomic E-state index is 12.3. The Hall–Kier alpha value is -2.03. The molecule has 0 bridgehead atoms. The highest BCUT2D eigenvalue weighted by molar-refractivity contribution is 7.91. The molecule has 0 aliphatic rings. The van der Waals surface area contributed by atoms with Crippen LogP contribution in [-0.4, -0.2) is 23.2 Å². The Morgan fingerprint density at radius 2 is 2.13 bits per heavy atom. The van der Waals surface area contributed by atoms with Gasteiger partial charge in [0.2, 0.25) is 10.0 Å². The van der Waals surface area contributed by atoms with Crippen LogP contribution < -0.4 is 4.72 Å². The van der Waals surface area contributed by atoms with Crippen LogP contribution in [0.1, 0.15) is 10.4 Å². The first-order valence-electron chi connectivity index (χ1n) is 6.95. The molecular formula is C15H16N4O2S2. The average Bonchev–Trinajstić information content (AvgIpc) is 3.15. The van der Waals surface area contributed by atoms with Crippen LogP contribution >= 0.6 is 11.3 Å². The number of nitrogens with zero attached hydrogens (tertiary/aromatic N) is 3. The number of sulfonamides is 1. The molecule has 23 heavy (non-hydrogen) atoms. The van der Waals surface area contributed by atoms with Crippen molar-refractivity contribution >= 4 is 21.4 Å². The van der Waals surface area contributed by atoms with Gasteiger partial charge in [-0.1, -0.05) is 6.07 Å². The zero-order chi connectivity index (χ0) is 16.4. The normalized spacial score (nSPS) is 11.7. The summed E-state index contributed by atoms with van der Waals surface area (Å²) in [5, 5.41) is 4.13. The molecule has 0 aliphatic carbocycles. The maximum absolute atomic E-state index is 12.3. The van der Waals surface area contributed by atoms with Crippen molar-refractivity contribution in [2.45, 2.75) is 17.7 Å². The van der Waals surface area contributed by atoms with Crippen LogP contribution in [0.15, 0.2) is 47.1 Å². The number of hydrogen-bond acceptors (Lipinski definition) is 5. The first kappa shape index (κ1) is 15.9. The summed E-state index contributed by atoms with van der Waals surface area (Å²) in [4.78, 5) is 5.32. The molecule has 120 valence electrons. The summed E-state index contributed by atoms with van der Waals surface area (Å²) in [5.41, 5.74) is 2.39. The van der Waals surface area contributed by atoms with E-state index in [4.69, 9.17) is 0 Å². The summed E-state index contributed by atoms with van der Waals surface area (Å²) in [6.07, 6.45) is 5.24. The van der Waals surface area contributed by atoms with Gasteiger partial charge in [0.05, 0.1) is 11.9 Å². The quantitative estimate of drug-likeness (QED) is 0.768. The fourth-order valence-electron chi connectivity index (χ4n) is 2.19. The van der Waals surface area contributed by atoms with Crippen molar-refractivity contribution in [2.24, 2.45) is 7.05 Å². The predicted octanol–water partition coefficient (Wildman–Crippen LogP) is 2.33. The van der Waals surface area contributed by atoms with Crippen LogP contribution in [0.3, 0.4) is 0 Å². The highest BCUT2D eigenvalue weighted by Crippen LogP contribution is 2.23. The molecule has 0 spiro atoms. The molecule has 0 radical (unpaired) electrons. The Balaban J connectivity index is 1.84. The summed E-state index contributed by atoms with van der Waals surface area (Å²) in [6.45, 7) is 2.06. The second-order valence-corrected chi connectivity index (χ2v) is 8.39. The number of aromatic nitrogens is 3. The van der Waals surface area contributed by atoms with Crippen LogP contribution in [-0.2, 0) is 23.6 Å². The molecule has 0 saturated heterocycles. The lowest BCUT2D eigenvalue weighted by atomic mass is 10.1. The van der Waals surface area contributed by atoms with Gasteiger partial charge in [-0.3, -0.25) is 9.67 Å². The molecular weight excluding hydrogens is 332 g/mol. The van der Waals surface area contributed by atoms with E-state index in [1.54, 1.807) is 35.3 Å². The predicted molar refractivity (Wildman–Crippen MR) is 89.5 cm³/mol. The number of hydrogen-bond donors (Lipinski definition) is 1. The minimum absolute atomic E-state index is 0.178. The fraction of sp³-hybridized carbons (Fsp3) is 0.200. The van der Waals surface area contributed by atoms with Gasteiger partial charge < -0.3 is 0 Å². The van der Waals surface area contributed by atoms with E-state index >= 15 is 0 Å². The van der Waals surface area contributed by atoms with Crippen LogP contribution in [0.2, 0.25) is 0 Å². The highest BCUT2D eigenvalue weighted by atomic mass is 32.2. The number of nitrogens with one attached hydrogen (secondary N) is 1. The smallest absolute Gasteiger partial charge is 0.250 e. The summed E-state index contributed by atoms with van der Waals surface area (Å²) in [7, 11) is -1.68. The monoisotopic (exact) mass is 348 g/mol. The molecule has 6 nitrogen and oxygen atoms in total. The molecule has 1 N–H and O–H groups in total. The molecule has 8 heteroatoms. The molecule has 0 aromatic carbocycles. The van der Waals surface area contributed by atoms with Crippen LogP contribution in [0.4, 0.5) is 0 Å². The summed E-state index contributed by atoms with van der Waals surface area (Å²) < 4.78 is 29.3. The zero-order valence-corrected chi connectivity index (χ0v) is 14.4. The van der Waals surface area contributed by atoms with Crippen molar-refractivity contribution < 1.29 is 8.42 Å². The van der Waals surface area contributed by atoms with Gasteiger partial charge in [0.25, 0.3) is 0 Å². The average molecular weight is 348 g/mol. The molecule has 0 atom stereocenters. The molecule has 0 fully saturated rings. The Kier molecular flexibility index (Phi) is 4.29. The number of rotatable bonds is 5. The topological polar surface area (TPSA) is 76.9 Å². The van der Waals surface area contributed by atoms with Crippen molar-refractivity contribution in [3.63, 3.8) is 0 Å². The van der Waals surface area contributed by atoms with Crippen molar-refractivity contribution in [2.75, 3.05) is 0 Å². The molecule has 0 aliphatic heterocycles. The van der Waals surface area contributed by atoms with Gasteiger partial charge in [0.15, 0.2) is 0 Å².